The first-order chi connectivity index (χ1) is 16.3. The van der Waals surface area contributed by atoms with E-state index in [9.17, 15) is 33.9 Å². The lowest BCUT2D eigenvalue weighted by Gasteiger charge is -2.25. The Kier molecular flexibility index (Phi) is 11.3. The topological polar surface area (TPSA) is 265 Å². The van der Waals surface area contributed by atoms with Crippen molar-refractivity contribution in [3.63, 3.8) is 0 Å². The SMILES string of the molecule is CC(C)C(NC(=O)C(Cc1cnc[nH]1)NC(=O)C(CC(N)=O)NC(=O)C(N)CCC(N)=O)C(=O)O. The maximum absolute atomic E-state index is 12.9. The number of H-pyrrole nitrogens is 1. The Morgan fingerprint density at radius 2 is 1.57 bits per heavy atom. The second-order valence-corrected chi connectivity index (χ2v) is 8.25. The number of amides is 5. The second kappa shape index (κ2) is 13.6. The van der Waals surface area contributed by atoms with Crippen LogP contribution in [0.25, 0.3) is 0 Å². The summed E-state index contributed by atoms with van der Waals surface area (Å²) < 4.78 is 0. The fourth-order valence-electron chi connectivity index (χ4n) is 2.98. The molecule has 0 fully saturated rings. The Labute approximate surface area is 200 Å². The molecule has 194 valence electrons. The van der Waals surface area contributed by atoms with E-state index >= 15 is 0 Å². The van der Waals surface area contributed by atoms with Crippen LogP contribution in [0.5, 0.6) is 0 Å². The maximum atomic E-state index is 12.9. The highest BCUT2D eigenvalue weighted by Crippen LogP contribution is 2.06. The number of aromatic nitrogens is 2. The molecule has 11 N–H and O–H groups in total. The van der Waals surface area contributed by atoms with E-state index in [1.54, 1.807) is 13.8 Å². The molecule has 1 heterocycles. The lowest BCUT2D eigenvalue weighted by Crippen LogP contribution is -2.58. The second-order valence-electron chi connectivity index (χ2n) is 8.25. The lowest BCUT2D eigenvalue weighted by atomic mass is 10.0. The summed E-state index contributed by atoms with van der Waals surface area (Å²) >= 11 is 0. The Bertz CT molecular complexity index is 919. The third-order valence-electron chi connectivity index (χ3n) is 4.92. The third kappa shape index (κ3) is 10.2. The minimum Gasteiger partial charge on any atom is -0.480 e. The molecule has 1 aromatic rings. The van der Waals surface area contributed by atoms with Crippen LogP contribution in [0, 0.1) is 5.92 Å². The van der Waals surface area contributed by atoms with E-state index in [0.29, 0.717) is 5.69 Å². The van der Waals surface area contributed by atoms with Gasteiger partial charge in [-0.2, -0.15) is 0 Å². The largest absolute Gasteiger partial charge is 0.480 e. The average Bonchev–Trinajstić information content (AvgIpc) is 3.26. The predicted octanol–water partition coefficient (Wildman–Crippen LogP) is -3.38. The van der Waals surface area contributed by atoms with Crippen molar-refractivity contribution < 1.29 is 33.9 Å². The van der Waals surface area contributed by atoms with Gasteiger partial charge in [0.15, 0.2) is 0 Å². The molecule has 4 atom stereocenters. The van der Waals surface area contributed by atoms with Crippen molar-refractivity contribution in [2.24, 2.45) is 23.1 Å². The van der Waals surface area contributed by atoms with Crippen LogP contribution in [-0.4, -0.2) is 74.7 Å². The molecule has 0 aliphatic rings. The monoisotopic (exact) mass is 496 g/mol. The molecular weight excluding hydrogens is 464 g/mol. The summed E-state index contributed by atoms with van der Waals surface area (Å²) in [4.78, 5) is 78.7. The van der Waals surface area contributed by atoms with Crippen LogP contribution in [-0.2, 0) is 35.2 Å². The Hall–Kier alpha value is -4.01. The van der Waals surface area contributed by atoms with Crippen molar-refractivity contribution in [1.29, 1.82) is 0 Å². The molecule has 0 bridgehead atoms. The van der Waals surface area contributed by atoms with Crippen LogP contribution < -0.4 is 33.2 Å². The van der Waals surface area contributed by atoms with Gasteiger partial charge in [0.25, 0.3) is 0 Å². The van der Waals surface area contributed by atoms with Crippen LogP contribution in [0.1, 0.15) is 38.8 Å². The van der Waals surface area contributed by atoms with Gasteiger partial charge >= 0.3 is 5.97 Å². The molecule has 1 aromatic heterocycles. The molecule has 35 heavy (non-hydrogen) atoms. The summed E-state index contributed by atoms with van der Waals surface area (Å²) in [5, 5.41) is 16.4. The van der Waals surface area contributed by atoms with Gasteiger partial charge in [-0.1, -0.05) is 13.8 Å². The third-order valence-corrected chi connectivity index (χ3v) is 4.92. The molecule has 0 radical (unpaired) electrons. The van der Waals surface area contributed by atoms with Gasteiger partial charge < -0.3 is 43.2 Å². The first-order valence-corrected chi connectivity index (χ1v) is 10.7. The van der Waals surface area contributed by atoms with Crippen LogP contribution >= 0.6 is 0 Å². The fourth-order valence-corrected chi connectivity index (χ4v) is 2.98. The molecule has 0 saturated carbocycles. The van der Waals surface area contributed by atoms with Crippen molar-refractivity contribution >= 4 is 35.5 Å². The van der Waals surface area contributed by atoms with Gasteiger partial charge in [0.1, 0.15) is 18.1 Å². The van der Waals surface area contributed by atoms with Crippen molar-refractivity contribution in [3.05, 3.63) is 18.2 Å². The summed E-state index contributed by atoms with van der Waals surface area (Å²) in [5.74, 6) is -5.89. The van der Waals surface area contributed by atoms with Crippen molar-refractivity contribution in [2.45, 2.75) is 63.7 Å². The zero-order chi connectivity index (χ0) is 26.7. The van der Waals surface area contributed by atoms with Gasteiger partial charge in [-0.15, -0.1) is 0 Å². The number of hydrogen-bond acceptors (Lipinski definition) is 8. The molecule has 1 rings (SSSR count). The number of primary amides is 2. The minimum absolute atomic E-state index is 0.0945. The van der Waals surface area contributed by atoms with Gasteiger partial charge in [0, 0.05) is 24.7 Å². The molecule has 15 heteroatoms. The Balaban J connectivity index is 3.05. The summed E-state index contributed by atoms with van der Waals surface area (Å²) in [6.07, 6.45) is 1.78. The molecule has 0 aromatic carbocycles. The van der Waals surface area contributed by atoms with Crippen LogP contribution in [0.2, 0.25) is 0 Å². The summed E-state index contributed by atoms with van der Waals surface area (Å²) in [5.41, 5.74) is 16.4. The molecule has 0 aliphatic carbocycles. The fraction of sp³-hybridized carbons (Fsp3) is 0.550. The van der Waals surface area contributed by atoms with E-state index in [0.717, 1.165) is 0 Å². The predicted molar refractivity (Wildman–Crippen MR) is 121 cm³/mol. The number of aromatic amines is 1. The minimum atomic E-state index is -1.49. The van der Waals surface area contributed by atoms with E-state index in [1.807, 2.05) is 0 Å². The highest BCUT2D eigenvalue weighted by atomic mass is 16.4. The van der Waals surface area contributed by atoms with E-state index in [4.69, 9.17) is 17.2 Å². The number of nitrogens with zero attached hydrogens (tertiary/aromatic N) is 1. The van der Waals surface area contributed by atoms with Crippen molar-refractivity contribution in [1.82, 2.24) is 25.9 Å². The van der Waals surface area contributed by atoms with Gasteiger partial charge in [-0.3, -0.25) is 24.0 Å². The van der Waals surface area contributed by atoms with Gasteiger partial charge in [0.2, 0.25) is 29.5 Å². The normalized spacial score (nSPS) is 14.3. The number of carboxylic acids is 1. The number of imidazole rings is 1. The number of rotatable bonds is 15. The van der Waals surface area contributed by atoms with Crippen molar-refractivity contribution in [2.75, 3.05) is 0 Å². The summed E-state index contributed by atoms with van der Waals surface area (Å²) in [7, 11) is 0. The highest BCUT2D eigenvalue weighted by molar-refractivity contribution is 5.96. The molecule has 0 spiro atoms. The van der Waals surface area contributed by atoms with E-state index in [-0.39, 0.29) is 19.3 Å². The van der Waals surface area contributed by atoms with Crippen LogP contribution in [0.15, 0.2) is 12.5 Å². The molecule has 0 aliphatic heterocycles. The molecule has 0 saturated heterocycles. The van der Waals surface area contributed by atoms with Gasteiger partial charge in [-0.25, -0.2) is 9.78 Å². The molecular formula is C20H32N8O7. The molecule has 4 unspecified atom stereocenters. The quantitative estimate of drug-likeness (QED) is 0.120. The maximum Gasteiger partial charge on any atom is 0.326 e. The van der Waals surface area contributed by atoms with Crippen LogP contribution in [0.4, 0.5) is 0 Å². The average molecular weight is 497 g/mol. The standard InChI is InChI=1S/C20H32N8O7/c1-9(2)16(20(34)35)28-19(33)12(5-10-7-24-8-25-10)27-18(32)13(6-15(23)30)26-17(31)11(21)3-4-14(22)29/h7-9,11-13,16H,3-6,21H2,1-2H3,(H2,22,29)(H2,23,30)(H,24,25)(H,26,31)(H,27,32)(H,28,33)(H,34,35). The highest BCUT2D eigenvalue weighted by Gasteiger charge is 2.32. The van der Waals surface area contributed by atoms with Gasteiger partial charge in [-0.05, 0) is 12.3 Å². The smallest absolute Gasteiger partial charge is 0.326 e. The molecule has 5 amide bonds. The number of nitrogens with one attached hydrogen (secondary N) is 4. The number of carbonyl (C=O) groups excluding carboxylic acids is 5. The molecule has 15 nitrogen and oxygen atoms in total. The Morgan fingerprint density at radius 1 is 0.971 bits per heavy atom. The summed E-state index contributed by atoms with van der Waals surface area (Å²) in [6.45, 7) is 3.20. The van der Waals surface area contributed by atoms with Crippen molar-refractivity contribution in [3.8, 4) is 0 Å². The number of aliphatic carboxylic acids is 1. The van der Waals surface area contributed by atoms with Gasteiger partial charge in [0.05, 0.1) is 18.8 Å². The first-order valence-electron chi connectivity index (χ1n) is 10.7. The van der Waals surface area contributed by atoms with E-state index in [1.165, 1.54) is 12.5 Å². The first kappa shape index (κ1) is 29.0. The zero-order valence-electron chi connectivity index (χ0n) is 19.4. The number of carbonyl (C=O) groups is 6. The number of carboxylic acid groups (broad SMARTS) is 1. The van der Waals surface area contributed by atoms with E-state index < -0.39 is 72.0 Å². The van der Waals surface area contributed by atoms with Crippen LogP contribution in [0.3, 0.4) is 0 Å². The summed E-state index contributed by atoms with van der Waals surface area (Å²) in [6, 6.07) is -5.21. The lowest BCUT2D eigenvalue weighted by molar-refractivity contribution is -0.143. The van der Waals surface area contributed by atoms with E-state index in [2.05, 4.69) is 25.9 Å². The number of nitrogens with two attached hydrogens (primary N) is 3. The Morgan fingerprint density at radius 3 is 2.06 bits per heavy atom. The number of hydrogen-bond donors (Lipinski definition) is 8. The zero-order valence-corrected chi connectivity index (χ0v) is 19.4.